The molecule has 0 atom stereocenters. The normalized spacial score (nSPS) is 16.2. The third-order valence-electron chi connectivity index (χ3n) is 5.40. The third kappa shape index (κ3) is 5.45. The van der Waals surface area contributed by atoms with E-state index in [-0.39, 0.29) is 40.3 Å². The molecule has 2 aromatic rings. The van der Waals surface area contributed by atoms with Crippen LogP contribution in [0, 0.1) is 6.92 Å². The molecule has 8 nitrogen and oxygen atoms in total. The van der Waals surface area contributed by atoms with Crippen molar-refractivity contribution in [2.75, 3.05) is 25.5 Å². The van der Waals surface area contributed by atoms with Crippen LogP contribution in [0.2, 0.25) is 0 Å². The molecule has 0 spiro atoms. The number of nitrogens with one attached hydrogen (secondary N) is 2. The first-order valence-corrected chi connectivity index (χ1v) is 11.6. The van der Waals surface area contributed by atoms with Gasteiger partial charge in [0.1, 0.15) is 5.76 Å². The molecule has 2 amide bonds. The van der Waals surface area contributed by atoms with Crippen LogP contribution in [0.1, 0.15) is 36.7 Å². The third-order valence-corrected chi connectivity index (χ3v) is 7.16. The first kappa shape index (κ1) is 24.1. The van der Waals surface area contributed by atoms with Gasteiger partial charge in [-0.25, -0.2) is 22.0 Å². The summed E-state index contributed by atoms with van der Waals surface area (Å²) in [5, 5.41) is 4.76. The van der Waals surface area contributed by atoms with E-state index in [9.17, 15) is 22.0 Å². The number of ether oxygens (including phenoxy) is 1. The Morgan fingerprint density at radius 2 is 1.94 bits per heavy atom. The molecule has 0 unspecified atom stereocenters. The summed E-state index contributed by atoms with van der Waals surface area (Å²) in [5.74, 6) is -2.83. The molecule has 0 radical (unpaired) electrons. The zero-order chi connectivity index (χ0) is 23.5. The van der Waals surface area contributed by atoms with Crippen LogP contribution >= 0.6 is 0 Å². The number of hydrogen-bond donors (Lipinski definition) is 2. The van der Waals surface area contributed by atoms with Gasteiger partial charge in [0.15, 0.2) is 0 Å². The fourth-order valence-corrected chi connectivity index (χ4v) is 5.03. The monoisotopic (exact) mass is 471 g/mol. The highest BCUT2D eigenvalue weighted by atomic mass is 32.2. The molecule has 0 bridgehead atoms. The van der Waals surface area contributed by atoms with Crippen molar-refractivity contribution < 1.29 is 31.1 Å². The maximum absolute atomic E-state index is 13.7. The number of halogens is 2. The molecule has 32 heavy (non-hydrogen) atoms. The van der Waals surface area contributed by atoms with E-state index in [1.54, 1.807) is 13.2 Å². The summed E-state index contributed by atoms with van der Waals surface area (Å²) in [6.07, 6.45) is 1.20. The molecule has 2 N–H and O–H groups in total. The summed E-state index contributed by atoms with van der Waals surface area (Å²) in [6, 6.07) is 6.51. The molecule has 1 saturated heterocycles. The van der Waals surface area contributed by atoms with E-state index in [0.717, 1.165) is 6.92 Å². The van der Waals surface area contributed by atoms with Crippen LogP contribution in [0.4, 0.5) is 19.3 Å². The fraction of sp³-hybridized carbons (Fsp3) is 0.476. The van der Waals surface area contributed by atoms with Crippen molar-refractivity contribution >= 4 is 21.7 Å². The van der Waals surface area contributed by atoms with E-state index >= 15 is 0 Å². The Morgan fingerprint density at radius 1 is 1.28 bits per heavy atom. The Balaban J connectivity index is 1.65. The van der Waals surface area contributed by atoms with E-state index in [0.29, 0.717) is 25.9 Å². The number of furan rings is 1. The molecule has 1 fully saturated rings. The molecule has 176 valence electrons. The highest BCUT2D eigenvalue weighted by Crippen LogP contribution is 2.30. The number of alkyl halides is 2. The van der Waals surface area contributed by atoms with E-state index in [1.807, 2.05) is 0 Å². The molecular weight excluding hydrogens is 444 g/mol. The van der Waals surface area contributed by atoms with Crippen LogP contribution in [0.3, 0.4) is 0 Å². The number of piperidine rings is 1. The first-order valence-electron chi connectivity index (χ1n) is 10.2. The van der Waals surface area contributed by atoms with E-state index in [4.69, 9.17) is 9.15 Å². The number of rotatable bonds is 7. The fourth-order valence-electron chi connectivity index (χ4n) is 3.59. The number of aryl methyl sites for hydroxylation is 1. The largest absolute Gasteiger partial charge is 0.446 e. The number of sulfonamides is 1. The zero-order valence-corrected chi connectivity index (χ0v) is 19.0. The summed E-state index contributed by atoms with van der Waals surface area (Å²) in [5.41, 5.74) is 0.286. The SMILES string of the molecule is COC1CCN(S(=O)(=O)c2cc(NC(=O)NCc3ccccc3C(C)(F)F)c(C)o2)CC1. The minimum Gasteiger partial charge on any atom is -0.446 e. The molecule has 1 aromatic heterocycles. The predicted octanol–water partition coefficient (Wildman–Crippen LogP) is 3.82. The number of carbonyl (C=O) groups is 1. The van der Waals surface area contributed by atoms with Crippen LogP contribution in [0.15, 0.2) is 39.8 Å². The second-order valence-corrected chi connectivity index (χ2v) is 9.60. The van der Waals surface area contributed by atoms with Crippen molar-refractivity contribution in [1.82, 2.24) is 9.62 Å². The van der Waals surface area contributed by atoms with Gasteiger partial charge in [-0.3, -0.25) is 0 Å². The number of carbonyl (C=O) groups excluding carboxylic acids is 1. The smallest absolute Gasteiger partial charge is 0.319 e. The highest BCUT2D eigenvalue weighted by molar-refractivity contribution is 7.89. The van der Waals surface area contributed by atoms with E-state index in [2.05, 4.69) is 10.6 Å². The van der Waals surface area contributed by atoms with Gasteiger partial charge in [0.2, 0.25) is 5.09 Å². The van der Waals surface area contributed by atoms with Crippen molar-refractivity contribution in [1.29, 1.82) is 0 Å². The van der Waals surface area contributed by atoms with Gasteiger partial charge < -0.3 is 19.8 Å². The van der Waals surface area contributed by atoms with E-state index in [1.165, 1.54) is 35.5 Å². The second kappa shape index (κ2) is 9.55. The van der Waals surface area contributed by atoms with Crippen LogP contribution in [0.5, 0.6) is 0 Å². The Labute approximate surface area is 186 Å². The maximum Gasteiger partial charge on any atom is 0.319 e. The summed E-state index contributed by atoms with van der Waals surface area (Å²) in [4.78, 5) is 12.3. The van der Waals surface area contributed by atoms with Gasteiger partial charge in [-0.1, -0.05) is 24.3 Å². The molecule has 0 saturated carbocycles. The summed E-state index contributed by atoms with van der Waals surface area (Å²) in [6.45, 7) is 2.82. The standard InChI is InChI=1S/C21H27F2N3O5S/c1-14-18(12-19(31-14)32(28,29)26-10-8-16(30-3)9-11-26)25-20(27)24-13-15-6-4-5-7-17(15)21(2,22)23/h4-7,12,16H,8-11,13H2,1-3H3,(H2,24,25,27). The Kier molecular flexibility index (Phi) is 7.21. The Hall–Kier alpha value is -2.50. The first-order chi connectivity index (χ1) is 15.0. The lowest BCUT2D eigenvalue weighted by Crippen LogP contribution is -2.40. The van der Waals surface area contributed by atoms with Gasteiger partial charge in [0.05, 0.1) is 11.8 Å². The van der Waals surface area contributed by atoms with Crippen LogP contribution in [0.25, 0.3) is 0 Å². The minimum absolute atomic E-state index is 0.0264. The summed E-state index contributed by atoms with van der Waals surface area (Å²) < 4.78 is 65.2. The molecule has 1 aliphatic heterocycles. The lowest BCUT2D eigenvalue weighted by atomic mass is 10.0. The average molecular weight is 472 g/mol. The lowest BCUT2D eigenvalue weighted by molar-refractivity contribution is 0.0164. The van der Waals surface area contributed by atoms with Crippen LogP contribution < -0.4 is 10.6 Å². The molecule has 11 heteroatoms. The number of hydrogen-bond acceptors (Lipinski definition) is 5. The van der Waals surface area contributed by atoms with Gasteiger partial charge >= 0.3 is 6.03 Å². The zero-order valence-electron chi connectivity index (χ0n) is 18.2. The topological polar surface area (TPSA) is 101 Å². The van der Waals surface area contributed by atoms with Gasteiger partial charge in [-0.15, -0.1) is 0 Å². The minimum atomic E-state index is -3.85. The van der Waals surface area contributed by atoms with Crippen LogP contribution in [-0.2, 0) is 27.2 Å². The van der Waals surface area contributed by atoms with Gasteiger partial charge in [0.25, 0.3) is 15.9 Å². The summed E-state index contributed by atoms with van der Waals surface area (Å²) in [7, 11) is -2.26. The Morgan fingerprint density at radius 3 is 2.56 bits per heavy atom. The molecule has 1 aliphatic rings. The van der Waals surface area contributed by atoms with Crippen molar-refractivity contribution in [2.45, 2.75) is 50.4 Å². The van der Waals surface area contributed by atoms with Crippen LogP contribution in [-0.4, -0.2) is 45.1 Å². The molecular formula is C21H27F2N3O5S. The average Bonchev–Trinajstić information content (AvgIpc) is 3.13. The van der Waals surface area contributed by atoms with Gasteiger partial charge in [-0.05, 0) is 25.3 Å². The quantitative estimate of drug-likeness (QED) is 0.639. The second-order valence-electron chi connectivity index (χ2n) is 7.73. The van der Waals surface area contributed by atoms with E-state index < -0.39 is 22.0 Å². The van der Waals surface area contributed by atoms with Crippen molar-refractivity contribution in [3.63, 3.8) is 0 Å². The maximum atomic E-state index is 13.7. The number of urea groups is 1. The number of nitrogens with zero attached hydrogens (tertiary/aromatic N) is 1. The highest BCUT2D eigenvalue weighted by Gasteiger charge is 2.32. The number of benzene rings is 1. The lowest BCUT2D eigenvalue weighted by Gasteiger charge is -2.29. The number of amides is 2. The molecule has 1 aromatic carbocycles. The molecule has 2 heterocycles. The predicted molar refractivity (Wildman–Crippen MR) is 114 cm³/mol. The van der Waals surface area contributed by atoms with Crippen molar-refractivity contribution in [2.24, 2.45) is 0 Å². The molecule has 3 rings (SSSR count). The summed E-state index contributed by atoms with van der Waals surface area (Å²) >= 11 is 0. The van der Waals surface area contributed by atoms with Gasteiger partial charge in [-0.2, -0.15) is 4.31 Å². The van der Waals surface area contributed by atoms with Crippen molar-refractivity contribution in [3.8, 4) is 0 Å². The Bertz CT molecular complexity index is 1060. The number of methoxy groups -OCH3 is 1. The number of anilines is 1. The van der Waals surface area contributed by atoms with Gasteiger partial charge in [0, 0.05) is 45.3 Å². The molecule has 0 aliphatic carbocycles. The van der Waals surface area contributed by atoms with Crippen molar-refractivity contribution in [3.05, 3.63) is 47.2 Å².